The van der Waals surface area contributed by atoms with Gasteiger partial charge in [-0.15, -0.1) is 11.3 Å². The van der Waals surface area contributed by atoms with Crippen molar-refractivity contribution in [2.75, 3.05) is 39.3 Å². The first kappa shape index (κ1) is 13.5. The number of piperazine rings is 1. The summed E-state index contributed by atoms with van der Waals surface area (Å²) in [6, 6.07) is 0. The zero-order valence-corrected chi connectivity index (χ0v) is 11.6. The van der Waals surface area contributed by atoms with Crippen LogP contribution in [0.15, 0.2) is 5.38 Å². The summed E-state index contributed by atoms with van der Waals surface area (Å²) in [5.41, 5.74) is 1.07. The Balaban J connectivity index is 1.62. The van der Waals surface area contributed by atoms with Crippen molar-refractivity contribution in [2.24, 2.45) is 0 Å². The van der Waals surface area contributed by atoms with Crippen LogP contribution in [-0.2, 0) is 11.2 Å². The molecule has 100 valence electrons. The van der Waals surface area contributed by atoms with Gasteiger partial charge in [-0.1, -0.05) is 0 Å². The Labute approximate surface area is 112 Å². The molecule has 0 radical (unpaired) electrons. The number of aryl methyl sites for hydroxylation is 1. The van der Waals surface area contributed by atoms with Crippen molar-refractivity contribution < 1.29 is 4.79 Å². The van der Waals surface area contributed by atoms with E-state index in [0.717, 1.165) is 43.3 Å². The summed E-state index contributed by atoms with van der Waals surface area (Å²) in [6.07, 6.45) is 0.817. The lowest BCUT2D eigenvalue weighted by molar-refractivity contribution is -0.122. The number of nitrogens with zero attached hydrogens (tertiary/aromatic N) is 2. The highest BCUT2D eigenvalue weighted by atomic mass is 32.1. The Morgan fingerprint density at radius 2 is 2.33 bits per heavy atom. The predicted octanol–water partition coefficient (Wildman–Crippen LogP) is 0.0154. The molecule has 0 atom stereocenters. The molecule has 0 aliphatic carbocycles. The third-order valence-corrected chi connectivity index (χ3v) is 3.77. The highest BCUT2D eigenvalue weighted by molar-refractivity contribution is 7.09. The number of thiazole rings is 1. The summed E-state index contributed by atoms with van der Waals surface area (Å²) in [7, 11) is 0. The van der Waals surface area contributed by atoms with Gasteiger partial charge in [0.1, 0.15) is 0 Å². The summed E-state index contributed by atoms with van der Waals surface area (Å²) in [5.74, 6) is 0.115. The van der Waals surface area contributed by atoms with E-state index in [4.69, 9.17) is 0 Å². The Morgan fingerprint density at radius 3 is 3.00 bits per heavy atom. The molecule has 5 nitrogen and oxygen atoms in total. The van der Waals surface area contributed by atoms with E-state index in [9.17, 15) is 4.79 Å². The molecule has 0 unspecified atom stereocenters. The van der Waals surface area contributed by atoms with Gasteiger partial charge in [0.15, 0.2) is 0 Å². The summed E-state index contributed by atoms with van der Waals surface area (Å²) in [4.78, 5) is 18.3. The van der Waals surface area contributed by atoms with Crippen molar-refractivity contribution in [3.63, 3.8) is 0 Å². The van der Waals surface area contributed by atoms with Gasteiger partial charge >= 0.3 is 0 Å². The third-order valence-electron chi connectivity index (χ3n) is 2.95. The predicted molar refractivity (Wildman–Crippen MR) is 72.9 cm³/mol. The monoisotopic (exact) mass is 268 g/mol. The zero-order chi connectivity index (χ0) is 12.8. The fourth-order valence-corrected chi connectivity index (χ4v) is 2.63. The molecular weight excluding hydrogens is 248 g/mol. The van der Waals surface area contributed by atoms with Crippen LogP contribution < -0.4 is 10.6 Å². The number of nitrogens with one attached hydrogen (secondary N) is 2. The van der Waals surface area contributed by atoms with Crippen LogP contribution in [0.3, 0.4) is 0 Å². The van der Waals surface area contributed by atoms with E-state index < -0.39 is 0 Å². The van der Waals surface area contributed by atoms with Gasteiger partial charge in [-0.2, -0.15) is 0 Å². The van der Waals surface area contributed by atoms with Crippen LogP contribution in [-0.4, -0.2) is 55.1 Å². The Bertz CT molecular complexity index is 387. The maximum atomic E-state index is 11.7. The molecule has 18 heavy (non-hydrogen) atoms. The SMILES string of the molecule is Cc1nc(CCNC(=O)CN2CCNCC2)cs1. The van der Waals surface area contributed by atoms with E-state index in [0.29, 0.717) is 13.1 Å². The number of amides is 1. The minimum atomic E-state index is 0.115. The lowest BCUT2D eigenvalue weighted by Crippen LogP contribution is -2.47. The number of rotatable bonds is 5. The summed E-state index contributed by atoms with van der Waals surface area (Å²) >= 11 is 1.65. The Hall–Kier alpha value is -0.980. The maximum Gasteiger partial charge on any atom is 0.234 e. The molecule has 0 saturated carbocycles. The second-order valence-corrected chi connectivity index (χ2v) is 5.55. The number of carbonyl (C=O) groups excluding carboxylic acids is 1. The first-order chi connectivity index (χ1) is 8.74. The molecule has 2 rings (SSSR count). The van der Waals surface area contributed by atoms with E-state index in [1.165, 1.54) is 0 Å². The largest absolute Gasteiger partial charge is 0.355 e. The average molecular weight is 268 g/mol. The van der Waals surface area contributed by atoms with E-state index in [-0.39, 0.29) is 5.91 Å². The van der Waals surface area contributed by atoms with Crippen LogP contribution in [0.1, 0.15) is 10.7 Å². The van der Waals surface area contributed by atoms with E-state index in [2.05, 4.69) is 25.9 Å². The van der Waals surface area contributed by atoms with Crippen molar-refractivity contribution in [2.45, 2.75) is 13.3 Å². The van der Waals surface area contributed by atoms with Gasteiger partial charge in [0.2, 0.25) is 5.91 Å². The van der Waals surface area contributed by atoms with Crippen LogP contribution in [0.5, 0.6) is 0 Å². The molecule has 1 saturated heterocycles. The lowest BCUT2D eigenvalue weighted by Gasteiger charge is -2.26. The van der Waals surface area contributed by atoms with Crippen LogP contribution in [0.2, 0.25) is 0 Å². The van der Waals surface area contributed by atoms with Crippen molar-refractivity contribution in [1.29, 1.82) is 0 Å². The normalized spacial score (nSPS) is 16.7. The van der Waals surface area contributed by atoms with Crippen molar-refractivity contribution in [3.8, 4) is 0 Å². The molecule has 0 aromatic carbocycles. The van der Waals surface area contributed by atoms with Gasteiger partial charge in [-0.05, 0) is 6.92 Å². The molecule has 1 fully saturated rings. The van der Waals surface area contributed by atoms with Crippen molar-refractivity contribution >= 4 is 17.2 Å². The Kier molecular flexibility index (Phi) is 5.10. The number of hydrogen-bond donors (Lipinski definition) is 2. The molecule has 6 heteroatoms. The molecule has 0 bridgehead atoms. The van der Waals surface area contributed by atoms with Gasteiger partial charge in [0.05, 0.1) is 17.2 Å². The molecule has 1 amide bonds. The van der Waals surface area contributed by atoms with Crippen LogP contribution in [0, 0.1) is 6.92 Å². The number of aromatic nitrogens is 1. The van der Waals surface area contributed by atoms with Gasteiger partial charge in [-0.3, -0.25) is 9.69 Å². The maximum absolute atomic E-state index is 11.7. The third kappa shape index (κ3) is 4.36. The fourth-order valence-electron chi connectivity index (χ4n) is 1.98. The van der Waals surface area contributed by atoms with Gasteiger partial charge in [0, 0.05) is 44.5 Å². The van der Waals surface area contributed by atoms with Crippen molar-refractivity contribution in [1.82, 2.24) is 20.5 Å². The van der Waals surface area contributed by atoms with Gasteiger partial charge in [-0.25, -0.2) is 4.98 Å². The molecule has 2 N–H and O–H groups in total. The van der Waals surface area contributed by atoms with Crippen LogP contribution in [0.25, 0.3) is 0 Å². The number of carbonyl (C=O) groups is 1. The molecule has 1 aliphatic heterocycles. The average Bonchev–Trinajstić information content (AvgIpc) is 2.76. The molecular formula is C12H20N4OS. The van der Waals surface area contributed by atoms with E-state index >= 15 is 0 Å². The standard InChI is InChI=1S/C12H20N4OS/c1-10-15-11(9-18-10)2-3-14-12(17)8-16-6-4-13-5-7-16/h9,13H,2-8H2,1H3,(H,14,17). The second-order valence-electron chi connectivity index (χ2n) is 4.48. The highest BCUT2D eigenvalue weighted by Crippen LogP contribution is 2.07. The second kappa shape index (κ2) is 6.82. The van der Waals surface area contributed by atoms with Gasteiger partial charge in [0.25, 0.3) is 0 Å². The topological polar surface area (TPSA) is 57.3 Å². The molecule has 2 heterocycles. The highest BCUT2D eigenvalue weighted by Gasteiger charge is 2.12. The quantitative estimate of drug-likeness (QED) is 0.790. The molecule has 1 aromatic heterocycles. The van der Waals surface area contributed by atoms with E-state index in [1.807, 2.05) is 6.92 Å². The minimum Gasteiger partial charge on any atom is -0.355 e. The molecule has 0 spiro atoms. The fraction of sp³-hybridized carbons (Fsp3) is 0.667. The summed E-state index contributed by atoms with van der Waals surface area (Å²) < 4.78 is 0. The van der Waals surface area contributed by atoms with Crippen molar-refractivity contribution in [3.05, 3.63) is 16.1 Å². The first-order valence-electron chi connectivity index (χ1n) is 6.35. The van der Waals surface area contributed by atoms with Gasteiger partial charge < -0.3 is 10.6 Å². The van der Waals surface area contributed by atoms with E-state index in [1.54, 1.807) is 11.3 Å². The van der Waals surface area contributed by atoms with Crippen LogP contribution in [0.4, 0.5) is 0 Å². The zero-order valence-electron chi connectivity index (χ0n) is 10.7. The first-order valence-corrected chi connectivity index (χ1v) is 7.23. The lowest BCUT2D eigenvalue weighted by atomic mass is 10.3. The minimum absolute atomic E-state index is 0.115. The molecule has 1 aliphatic rings. The number of hydrogen-bond acceptors (Lipinski definition) is 5. The Morgan fingerprint density at radius 1 is 1.56 bits per heavy atom. The summed E-state index contributed by atoms with van der Waals surface area (Å²) in [5, 5.41) is 9.36. The smallest absolute Gasteiger partial charge is 0.234 e. The summed E-state index contributed by atoms with van der Waals surface area (Å²) in [6.45, 7) is 7.05. The molecule has 1 aromatic rings. The van der Waals surface area contributed by atoms with Crippen LogP contribution >= 0.6 is 11.3 Å².